The Hall–Kier alpha value is -0.910. The van der Waals surface area contributed by atoms with E-state index in [1.165, 1.54) is 5.69 Å². The highest BCUT2D eigenvalue weighted by molar-refractivity contribution is 5.01. The lowest BCUT2D eigenvalue weighted by molar-refractivity contribution is -0.0444. The van der Waals surface area contributed by atoms with Crippen molar-refractivity contribution in [3.05, 3.63) is 18.0 Å². The van der Waals surface area contributed by atoms with E-state index in [0.717, 1.165) is 39.0 Å². The van der Waals surface area contributed by atoms with Gasteiger partial charge in [0.05, 0.1) is 11.3 Å². The van der Waals surface area contributed by atoms with E-state index in [2.05, 4.69) is 42.0 Å². The van der Waals surface area contributed by atoms with E-state index in [0.29, 0.717) is 6.54 Å². The fourth-order valence-electron chi connectivity index (χ4n) is 3.08. The molecule has 1 fully saturated rings. The van der Waals surface area contributed by atoms with Crippen molar-refractivity contribution in [2.24, 2.45) is 0 Å². The minimum atomic E-state index is -0.571. The number of aliphatic hydroxyl groups is 1. The molecule has 0 bridgehead atoms. The largest absolute Gasteiger partial charge is 0.387 e. The van der Waals surface area contributed by atoms with Gasteiger partial charge in [0.15, 0.2) is 0 Å². The van der Waals surface area contributed by atoms with Gasteiger partial charge in [-0.1, -0.05) is 0 Å². The van der Waals surface area contributed by atoms with Gasteiger partial charge < -0.3 is 10.0 Å². The number of nitrogens with zero attached hydrogens (tertiary/aromatic N) is 4. The van der Waals surface area contributed by atoms with Crippen molar-refractivity contribution in [2.45, 2.75) is 38.5 Å². The summed E-state index contributed by atoms with van der Waals surface area (Å²) < 4.78 is 2.01. The number of rotatable bonds is 5. The normalized spacial score (nSPS) is 25.1. The number of piperidine rings is 1. The third kappa shape index (κ3) is 3.78. The Morgan fingerprint density at radius 3 is 3.00 bits per heavy atom. The maximum Gasteiger partial charge on any atom is 0.0900 e. The highest BCUT2D eigenvalue weighted by Crippen LogP contribution is 2.21. The van der Waals surface area contributed by atoms with E-state index in [9.17, 15) is 5.11 Å². The highest BCUT2D eigenvalue weighted by Gasteiger charge is 2.32. The summed E-state index contributed by atoms with van der Waals surface area (Å²) in [4.78, 5) is 4.41. The van der Waals surface area contributed by atoms with Crippen LogP contribution in [0.25, 0.3) is 0 Å². The number of β-amino-alcohol motifs (C(OH)–C–C–N with tert-alkyl or cyclic N) is 1. The SMILES string of the molecule is CCn1nccc1CN(C)CC1(O)CCCN(C)C1. The molecule has 2 rings (SSSR count). The first kappa shape index (κ1) is 14.5. The average molecular weight is 266 g/mol. The zero-order chi connectivity index (χ0) is 13.9. The molecule has 0 radical (unpaired) electrons. The molecule has 1 N–H and O–H groups in total. The molecule has 1 unspecified atom stereocenters. The maximum atomic E-state index is 10.7. The number of hydrogen-bond acceptors (Lipinski definition) is 4. The van der Waals surface area contributed by atoms with Gasteiger partial charge in [0, 0.05) is 32.4 Å². The molecule has 0 saturated carbocycles. The Bertz CT molecular complexity index is 406. The molecule has 1 saturated heterocycles. The van der Waals surface area contributed by atoms with Crippen LogP contribution in [-0.2, 0) is 13.1 Å². The number of aryl methyl sites for hydroxylation is 1. The van der Waals surface area contributed by atoms with Crippen LogP contribution in [-0.4, -0.2) is 64.0 Å². The van der Waals surface area contributed by atoms with Crippen LogP contribution in [0.5, 0.6) is 0 Å². The first-order valence-electron chi connectivity index (χ1n) is 7.12. The minimum Gasteiger partial charge on any atom is -0.387 e. The minimum absolute atomic E-state index is 0.571. The highest BCUT2D eigenvalue weighted by atomic mass is 16.3. The summed E-state index contributed by atoms with van der Waals surface area (Å²) in [5.41, 5.74) is 0.636. The second kappa shape index (κ2) is 6.03. The molecule has 0 amide bonds. The Morgan fingerprint density at radius 1 is 1.53 bits per heavy atom. The van der Waals surface area contributed by atoms with Crippen LogP contribution in [0.3, 0.4) is 0 Å². The molecule has 1 aromatic rings. The van der Waals surface area contributed by atoms with Gasteiger partial charge in [-0.15, -0.1) is 0 Å². The molecule has 0 aromatic carbocycles. The molecule has 1 aliphatic rings. The monoisotopic (exact) mass is 266 g/mol. The third-order valence-corrected chi connectivity index (χ3v) is 3.85. The molecule has 108 valence electrons. The van der Waals surface area contributed by atoms with E-state index in [4.69, 9.17) is 0 Å². The van der Waals surface area contributed by atoms with Gasteiger partial charge in [-0.2, -0.15) is 5.10 Å². The van der Waals surface area contributed by atoms with E-state index in [1.54, 1.807) is 0 Å². The molecule has 0 aliphatic carbocycles. The zero-order valence-electron chi connectivity index (χ0n) is 12.3. The van der Waals surface area contributed by atoms with Crippen LogP contribution in [0.4, 0.5) is 0 Å². The number of aromatic nitrogens is 2. The fraction of sp³-hybridized carbons (Fsp3) is 0.786. The first-order valence-corrected chi connectivity index (χ1v) is 7.12. The Morgan fingerprint density at radius 2 is 2.32 bits per heavy atom. The van der Waals surface area contributed by atoms with Crippen molar-refractivity contribution in [3.8, 4) is 0 Å². The van der Waals surface area contributed by atoms with Gasteiger partial charge in [0.25, 0.3) is 0 Å². The summed E-state index contributed by atoms with van der Waals surface area (Å²) in [6, 6.07) is 2.05. The van der Waals surface area contributed by atoms with Crippen LogP contribution in [0, 0.1) is 0 Å². The van der Waals surface area contributed by atoms with Crippen LogP contribution >= 0.6 is 0 Å². The van der Waals surface area contributed by atoms with Crippen LogP contribution in [0.1, 0.15) is 25.5 Å². The molecular formula is C14H26N4O. The first-order chi connectivity index (χ1) is 9.02. The average Bonchev–Trinajstić information content (AvgIpc) is 2.74. The van der Waals surface area contributed by atoms with Crippen LogP contribution in [0.15, 0.2) is 12.3 Å². The van der Waals surface area contributed by atoms with Crippen molar-refractivity contribution in [1.82, 2.24) is 19.6 Å². The zero-order valence-corrected chi connectivity index (χ0v) is 12.3. The van der Waals surface area contributed by atoms with Crippen molar-refractivity contribution in [3.63, 3.8) is 0 Å². The van der Waals surface area contributed by atoms with Gasteiger partial charge in [-0.25, -0.2) is 0 Å². The predicted molar refractivity (Wildman–Crippen MR) is 75.9 cm³/mol. The van der Waals surface area contributed by atoms with Crippen molar-refractivity contribution < 1.29 is 5.11 Å². The smallest absolute Gasteiger partial charge is 0.0900 e. The summed E-state index contributed by atoms with van der Waals surface area (Å²) in [5.74, 6) is 0. The van der Waals surface area contributed by atoms with Crippen molar-refractivity contribution in [2.75, 3.05) is 33.7 Å². The van der Waals surface area contributed by atoms with Gasteiger partial charge in [0.1, 0.15) is 0 Å². The van der Waals surface area contributed by atoms with Crippen LogP contribution < -0.4 is 0 Å². The topological polar surface area (TPSA) is 44.5 Å². The Balaban J connectivity index is 1.92. The standard InChI is InChI=1S/C14H26N4O/c1-4-18-13(6-8-15-18)10-17(3)12-14(19)7-5-9-16(2)11-14/h6,8,19H,4-5,7,9-12H2,1-3H3. The molecule has 0 spiro atoms. The lowest BCUT2D eigenvalue weighted by Gasteiger charge is -2.39. The Labute approximate surface area is 115 Å². The number of likely N-dealkylation sites (tertiary alicyclic amines) is 1. The summed E-state index contributed by atoms with van der Waals surface area (Å²) in [6.07, 6.45) is 3.82. The molecule has 19 heavy (non-hydrogen) atoms. The predicted octanol–water partition coefficient (Wildman–Crippen LogP) is 0.791. The van der Waals surface area contributed by atoms with Crippen molar-refractivity contribution in [1.29, 1.82) is 0 Å². The second-order valence-electron chi connectivity index (χ2n) is 5.88. The molecular weight excluding hydrogens is 240 g/mol. The number of likely N-dealkylation sites (N-methyl/N-ethyl adjacent to an activating group) is 2. The van der Waals surface area contributed by atoms with E-state index >= 15 is 0 Å². The summed E-state index contributed by atoms with van der Waals surface area (Å²) in [5, 5.41) is 14.9. The van der Waals surface area contributed by atoms with E-state index < -0.39 is 5.60 Å². The maximum absolute atomic E-state index is 10.7. The van der Waals surface area contributed by atoms with Gasteiger partial charge in [-0.3, -0.25) is 9.58 Å². The number of hydrogen-bond donors (Lipinski definition) is 1. The second-order valence-corrected chi connectivity index (χ2v) is 5.88. The lowest BCUT2D eigenvalue weighted by Crippen LogP contribution is -2.52. The quantitative estimate of drug-likeness (QED) is 0.856. The van der Waals surface area contributed by atoms with Gasteiger partial charge in [0.2, 0.25) is 0 Å². The van der Waals surface area contributed by atoms with Gasteiger partial charge >= 0.3 is 0 Å². The molecule has 5 nitrogen and oxygen atoms in total. The lowest BCUT2D eigenvalue weighted by atomic mass is 9.92. The summed E-state index contributed by atoms with van der Waals surface area (Å²) in [7, 11) is 4.15. The summed E-state index contributed by atoms with van der Waals surface area (Å²) >= 11 is 0. The summed E-state index contributed by atoms with van der Waals surface area (Å²) in [6.45, 7) is 6.40. The van der Waals surface area contributed by atoms with E-state index in [-0.39, 0.29) is 0 Å². The van der Waals surface area contributed by atoms with Crippen molar-refractivity contribution >= 4 is 0 Å². The molecule has 2 heterocycles. The van der Waals surface area contributed by atoms with E-state index in [1.807, 2.05) is 10.9 Å². The molecule has 1 atom stereocenters. The fourth-order valence-corrected chi connectivity index (χ4v) is 3.08. The van der Waals surface area contributed by atoms with Gasteiger partial charge in [-0.05, 0) is 46.5 Å². The molecule has 5 heteroatoms. The third-order valence-electron chi connectivity index (χ3n) is 3.85. The molecule has 1 aromatic heterocycles. The Kier molecular flexibility index (Phi) is 4.60. The molecule has 1 aliphatic heterocycles. The van der Waals surface area contributed by atoms with Crippen LogP contribution in [0.2, 0.25) is 0 Å².